The van der Waals surface area contributed by atoms with Crippen LogP contribution in [-0.2, 0) is 22.8 Å². The van der Waals surface area contributed by atoms with E-state index in [4.69, 9.17) is 4.74 Å². The van der Waals surface area contributed by atoms with Gasteiger partial charge in [-0.15, -0.1) is 0 Å². The number of aryl methyl sites for hydroxylation is 1. The minimum Gasteiger partial charge on any atom is -0.434 e. The van der Waals surface area contributed by atoms with E-state index in [1.54, 1.807) is 6.92 Å². The lowest BCUT2D eigenvalue weighted by molar-refractivity contribution is -0.0950. The number of aliphatic hydroxyl groups excluding tert-OH is 1. The van der Waals surface area contributed by atoms with Gasteiger partial charge in [0.05, 0.1) is 22.6 Å². The van der Waals surface area contributed by atoms with Crippen LogP contribution in [0.2, 0.25) is 0 Å². The molecule has 2 aromatic heterocycles. The number of aromatic nitrogens is 3. The molecule has 15 heteroatoms. The summed E-state index contributed by atoms with van der Waals surface area (Å²) in [7, 11) is -3.41. The summed E-state index contributed by atoms with van der Waals surface area (Å²) in [6.07, 6.45) is -2.13. The van der Waals surface area contributed by atoms with Gasteiger partial charge in [0, 0.05) is 54.7 Å². The van der Waals surface area contributed by atoms with Crippen LogP contribution < -0.4 is 10.1 Å². The number of hydrogen-bond donors (Lipinski definition) is 3. The molecule has 0 aromatic carbocycles. The molecule has 1 saturated carbocycles. The number of nitrogens with zero attached hydrogens (tertiary/aromatic N) is 3. The lowest BCUT2D eigenvalue weighted by Crippen LogP contribution is -2.56. The molecule has 1 amide bonds. The second-order valence-corrected chi connectivity index (χ2v) is 13.5. The van der Waals surface area contributed by atoms with Crippen LogP contribution in [-0.4, -0.2) is 82.1 Å². The van der Waals surface area contributed by atoms with E-state index in [2.05, 4.69) is 15.4 Å². The summed E-state index contributed by atoms with van der Waals surface area (Å²) < 4.78 is 83.2. The molecule has 0 aliphatic heterocycles. The third-order valence-corrected chi connectivity index (χ3v) is 9.13. The average Bonchev–Trinajstić information content (AvgIpc) is 3.19. The number of ether oxygens (including phenoxy) is 1. The van der Waals surface area contributed by atoms with Gasteiger partial charge in [-0.2, -0.15) is 13.9 Å². The predicted octanol–water partition coefficient (Wildman–Crippen LogP) is 3.13. The Kier molecular flexibility index (Phi) is 9.75. The van der Waals surface area contributed by atoms with Gasteiger partial charge in [0.1, 0.15) is 21.2 Å². The molecule has 1 aliphatic carbocycles. The fraction of sp³-hybridized carbons (Fsp3) is 0.654. The van der Waals surface area contributed by atoms with Crippen LogP contribution in [0.15, 0.2) is 12.3 Å². The molecule has 3 N–H and O–H groups in total. The van der Waals surface area contributed by atoms with Crippen molar-refractivity contribution in [3.63, 3.8) is 0 Å². The molecule has 10 nitrogen and oxygen atoms in total. The Bertz CT molecular complexity index is 1370. The highest BCUT2D eigenvalue weighted by Gasteiger charge is 2.44. The molecule has 2 aromatic rings. The van der Waals surface area contributed by atoms with Crippen molar-refractivity contribution in [2.24, 2.45) is 5.41 Å². The summed E-state index contributed by atoms with van der Waals surface area (Å²) in [5.74, 6) is -1.04. The molecule has 1 aliphatic rings. The number of aliphatic hydroxyl groups is 2. The molecule has 230 valence electrons. The van der Waals surface area contributed by atoms with E-state index in [0.717, 1.165) is 6.26 Å². The summed E-state index contributed by atoms with van der Waals surface area (Å²) in [5.41, 5.74) is -2.61. The molecule has 41 heavy (non-hydrogen) atoms. The maximum atomic E-state index is 13.4. The third-order valence-electron chi connectivity index (χ3n) is 7.49. The van der Waals surface area contributed by atoms with Crippen LogP contribution in [0, 0.1) is 12.3 Å². The number of nitrogens with one attached hydrogen (secondary N) is 1. The zero-order chi connectivity index (χ0) is 30.9. The number of sulfone groups is 1. The summed E-state index contributed by atoms with van der Waals surface area (Å²) in [5, 5.41) is 27.4. The SMILES string of the molecule is CCn1nc(C(=O)NC[C@@]2(O)CCC(S(C)(=O)=O)C[C@@H]2O)c(C)c1-c1cnc(CC(C)(C)C(F)F)cc1OC(F)F. The molecule has 0 radical (unpaired) electrons. The predicted molar refractivity (Wildman–Crippen MR) is 142 cm³/mol. The van der Waals surface area contributed by atoms with Gasteiger partial charge >= 0.3 is 6.61 Å². The molecule has 3 atom stereocenters. The van der Waals surface area contributed by atoms with Gasteiger partial charge in [0.15, 0.2) is 5.69 Å². The van der Waals surface area contributed by atoms with E-state index in [1.807, 2.05) is 0 Å². The number of halogens is 4. The van der Waals surface area contributed by atoms with Crippen LogP contribution in [0.4, 0.5) is 17.6 Å². The van der Waals surface area contributed by atoms with E-state index in [-0.39, 0.29) is 72.7 Å². The molecule has 3 rings (SSSR count). The molecular weight excluding hydrogens is 572 g/mol. The summed E-state index contributed by atoms with van der Waals surface area (Å²) in [6, 6.07) is 1.17. The average molecular weight is 609 g/mol. The summed E-state index contributed by atoms with van der Waals surface area (Å²) >= 11 is 0. The topological polar surface area (TPSA) is 144 Å². The Morgan fingerprint density at radius 1 is 1.32 bits per heavy atom. The Hall–Kier alpha value is -2.78. The van der Waals surface area contributed by atoms with Crippen LogP contribution in [0.5, 0.6) is 5.75 Å². The van der Waals surface area contributed by atoms with E-state index >= 15 is 0 Å². The maximum absolute atomic E-state index is 13.4. The van der Waals surface area contributed by atoms with Crippen molar-refractivity contribution >= 4 is 15.7 Å². The molecule has 0 bridgehead atoms. The number of pyridine rings is 1. The molecule has 0 spiro atoms. The number of rotatable bonds is 11. The van der Waals surface area contributed by atoms with Crippen molar-refractivity contribution in [1.82, 2.24) is 20.1 Å². The van der Waals surface area contributed by atoms with Crippen molar-refractivity contribution in [1.29, 1.82) is 0 Å². The quantitative estimate of drug-likeness (QED) is 0.330. The zero-order valence-electron chi connectivity index (χ0n) is 23.5. The fourth-order valence-electron chi connectivity index (χ4n) is 4.90. The first-order valence-electron chi connectivity index (χ1n) is 13.1. The Balaban J connectivity index is 1.90. The van der Waals surface area contributed by atoms with Gasteiger partial charge in [-0.3, -0.25) is 14.5 Å². The number of amides is 1. The lowest BCUT2D eigenvalue weighted by atomic mass is 9.82. The van der Waals surface area contributed by atoms with E-state index in [9.17, 15) is 41.0 Å². The minimum atomic E-state index is -3.41. The molecule has 0 saturated heterocycles. The first-order valence-corrected chi connectivity index (χ1v) is 15.0. The van der Waals surface area contributed by atoms with Gasteiger partial charge in [-0.25, -0.2) is 17.2 Å². The first-order chi connectivity index (χ1) is 18.9. The van der Waals surface area contributed by atoms with Crippen molar-refractivity contribution in [2.45, 2.75) is 89.9 Å². The Morgan fingerprint density at radius 3 is 2.51 bits per heavy atom. The lowest BCUT2D eigenvalue weighted by Gasteiger charge is -2.39. The first kappa shape index (κ1) is 32.7. The molecule has 1 fully saturated rings. The molecule has 1 unspecified atom stereocenters. The van der Waals surface area contributed by atoms with Crippen molar-refractivity contribution < 1.29 is 45.7 Å². The van der Waals surface area contributed by atoms with Crippen LogP contribution in [0.1, 0.15) is 61.8 Å². The Labute approximate surface area is 236 Å². The van der Waals surface area contributed by atoms with Crippen molar-refractivity contribution in [3.05, 3.63) is 29.2 Å². The van der Waals surface area contributed by atoms with Gasteiger partial charge < -0.3 is 20.3 Å². The van der Waals surface area contributed by atoms with Gasteiger partial charge in [-0.1, -0.05) is 13.8 Å². The fourth-order valence-corrected chi connectivity index (χ4v) is 5.98. The van der Waals surface area contributed by atoms with Crippen LogP contribution >= 0.6 is 0 Å². The zero-order valence-corrected chi connectivity index (χ0v) is 24.3. The molecule has 2 heterocycles. The standard InChI is InChI=1S/C26H36F4N4O6S/c1-6-34-21(17-12-31-15(9-18(17)40-24(29)30)11-25(3,4)23(27)28)14(2)20(33-34)22(36)32-13-26(37)8-7-16(10-19(26)35)41(5,38)39/h9,12,16,19,23-24,35,37H,6-8,10-11,13H2,1-5H3,(H,32,36)/t16?,19-,26-/m0/s1. The second-order valence-electron chi connectivity index (χ2n) is 11.2. The van der Waals surface area contributed by atoms with E-state index in [0.29, 0.717) is 0 Å². The number of hydrogen-bond acceptors (Lipinski definition) is 8. The van der Waals surface area contributed by atoms with Crippen molar-refractivity contribution in [2.75, 3.05) is 12.8 Å². The monoisotopic (exact) mass is 608 g/mol. The van der Waals surface area contributed by atoms with Gasteiger partial charge in [-0.05, 0) is 33.1 Å². The highest BCUT2D eigenvalue weighted by molar-refractivity contribution is 7.91. The normalized spacial score (nSPS) is 21.9. The highest BCUT2D eigenvalue weighted by atomic mass is 32.2. The largest absolute Gasteiger partial charge is 0.434 e. The van der Waals surface area contributed by atoms with E-state index in [1.165, 1.54) is 37.7 Å². The van der Waals surface area contributed by atoms with Crippen molar-refractivity contribution in [3.8, 4) is 17.0 Å². The number of carbonyl (C=O) groups is 1. The number of carbonyl (C=O) groups excluding carboxylic acids is 1. The summed E-state index contributed by atoms with van der Waals surface area (Å²) in [6.45, 7) is 2.50. The minimum absolute atomic E-state index is 0.0610. The smallest absolute Gasteiger partial charge is 0.387 e. The third kappa shape index (κ3) is 7.36. The van der Waals surface area contributed by atoms with Crippen LogP contribution in [0.25, 0.3) is 11.3 Å². The summed E-state index contributed by atoms with van der Waals surface area (Å²) in [4.78, 5) is 17.3. The molecular formula is C26H36F4N4O6S. The van der Waals surface area contributed by atoms with Gasteiger partial charge in [0.2, 0.25) is 6.43 Å². The highest BCUT2D eigenvalue weighted by Crippen LogP contribution is 2.37. The van der Waals surface area contributed by atoms with E-state index < -0.39 is 51.2 Å². The van der Waals surface area contributed by atoms with Crippen LogP contribution in [0.3, 0.4) is 0 Å². The Morgan fingerprint density at radius 2 is 1.98 bits per heavy atom. The van der Waals surface area contributed by atoms with Gasteiger partial charge in [0.25, 0.3) is 5.91 Å². The second kappa shape index (κ2) is 12.2. The number of alkyl halides is 4. The maximum Gasteiger partial charge on any atom is 0.387 e.